The Hall–Kier alpha value is -1.58. The van der Waals surface area contributed by atoms with Gasteiger partial charge in [0.1, 0.15) is 5.82 Å². The van der Waals surface area contributed by atoms with Crippen LogP contribution in [0.25, 0.3) is 0 Å². The lowest BCUT2D eigenvalue weighted by atomic mass is 9.90. The van der Waals surface area contributed by atoms with E-state index in [1.807, 2.05) is 30.9 Å². The minimum Gasteiger partial charge on any atom is -0.370 e. The second kappa shape index (κ2) is 6.04. The number of anilines is 1. The zero-order valence-corrected chi connectivity index (χ0v) is 13.9. The van der Waals surface area contributed by atoms with Gasteiger partial charge in [-0.2, -0.15) is 0 Å². The molecule has 0 unspecified atom stereocenters. The highest BCUT2D eigenvalue weighted by atomic mass is 16.2. The van der Waals surface area contributed by atoms with Crippen molar-refractivity contribution in [1.29, 1.82) is 0 Å². The highest BCUT2D eigenvalue weighted by molar-refractivity contribution is 5.95. The summed E-state index contributed by atoms with van der Waals surface area (Å²) in [5.41, 5.74) is 1.63. The molecule has 1 N–H and O–H groups in total. The minimum absolute atomic E-state index is 0.0723. The third kappa shape index (κ3) is 3.74. The first-order valence-corrected chi connectivity index (χ1v) is 7.94. The average Bonchev–Trinajstić information content (AvgIpc) is 3.23. The lowest BCUT2D eigenvalue weighted by Crippen LogP contribution is -2.33. The van der Waals surface area contributed by atoms with Gasteiger partial charge in [-0.05, 0) is 38.8 Å². The molecule has 1 aliphatic rings. The maximum absolute atomic E-state index is 12.8. The predicted molar refractivity (Wildman–Crippen MR) is 86.8 cm³/mol. The fourth-order valence-corrected chi connectivity index (χ4v) is 2.43. The summed E-state index contributed by atoms with van der Waals surface area (Å²) in [6, 6.07) is 4.27. The standard InChI is InChI=1S/C17H27N3O/c1-6-18-15-11-12(10-14(19-15)17(3,4)5)16(21)20(7-2)13-8-9-13/h10-11,13H,6-9H2,1-5H3,(H,18,19). The van der Waals surface area contributed by atoms with Crippen LogP contribution in [-0.2, 0) is 5.41 Å². The largest absolute Gasteiger partial charge is 0.370 e. The summed E-state index contributed by atoms with van der Waals surface area (Å²) in [5.74, 6) is 0.923. The summed E-state index contributed by atoms with van der Waals surface area (Å²) in [6.07, 6.45) is 2.27. The SMILES string of the molecule is CCNc1cc(C(=O)N(CC)C2CC2)cc(C(C)(C)C)n1. The molecule has 116 valence electrons. The zero-order chi connectivity index (χ0) is 15.6. The van der Waals surface area contributed by atoms with Gasteiger partial charge in [0.15, 0.2) is 0 Å². The molecule has 2 rings (SSSR count). The van der Waals surface area contributed by atoms with Crippen molar-refractivity contribution in [2.24, 2.45) is 0 Å². The molecule has 1 heterocycles. The number of amides is 1. The summed E-state index contributed by atoms with van der Waals surface area (Å²) in [6.45, 7) is 12.0. The summed E-state index contributed by atoms with van der Waals surface area (Å²) in [4.78, 5) is 19.4. The van der Waals surface area contributed by atoms with Gasteiger partial charge in [0.05, 0.1) is 0 Å². The number of rotatable bonds is 5. The number of hydrogen-bond acceptors (Lipinski definition) is 3. The van der Waals surface area contributed by atoms with Gasteiger partial charge in [-0.3, -0.25) is 4.79 Å². The molecule has 0 aromatic carbocycles. The van der Waals surface area contributed by atoms with Crippen LogP contribution in [0.4, 0.5) is 5.82 Å². The van der Waals surface area contributed by atoms with Crippen molar-refractivity contribution in [3.8, 4) is 0 Å². The van der Waals surface area contributed by atoms with E-state index in [-0.39, 0.29) is 11.3 Å². The molecular formula is C17H27N3O. The molecule has 1 amide bonds. The van der Waals surface area contributed by atoms with Crippen molar-refractivity contribution in [2.75, 3.05) is 18.4 Å². The van der Waals surface area contributed by atoms with E-state index in [4.69, 9.17) is 0 Å². The van der Waals surface area contributed by atoms with Gasteiger partial charge in [0.25, 0.3) is 5.91 Å². The van der Waals surface area contributed by atoms with Gasteiger partial charge in [-0.1, -0.05) is 20.8 Å². The molecule has 1 aliphatic carbocycles. The first-order valence-electron chi connectivity index (χ1n) is 7.94. The first kappa shape index (κ1) is 15.8. The molecular weight excluding hydrogens is 262 g/mol. The molecule has 1 saturated carbocycles. The van der Waals surface area contributed by atoms with E-state index in [0.29, 0.717) is 6.04 Å². The third-order valence-corrected chi connectivity index (χ3v) is 3.79. The molecule has 4 nitrogen and oxygen atoms in total. The van der Waals surface area contributed by atoms with Gasteiger partial charge in [-0.25, -0.2) is 4.98 Å². The smallest absolute Gasteiger partial charge is 0.254 e. The maximum atomic E-state index is 12.8. The summed E-state index contributed by atoms with van der Waals surface area (Å²) < 4.78 is 0. The normalized spacial score (nSPS) is 14.9. The van der Waals surface area contributed by atoms with Crippen molar-refractivity contribution < 1.29 is 4.79 Å². The van der Waals surface area contributed by atoms with E-state index in [0.717, 1.165) is 43.0 Å². The van der Waals surface area contributed by atoms with Crippen LogP contribution in [-0.4, -0.2) is 34.9 Å². The molecule has 0 bridgehead atoms. The Morgan fingerprint density at radius 1 is 1.33 bits per heavy atom. The Kier molecular flexibility index (Phi) is 4.55. The van der Waals surface area contributed by atoms with Crippen LogP contribution in [0.3, 0.4) is 0 Å². The molecule has 0 radical (unpaired) electrons. The summed E-state index contributed by atoms with van der Waals surface area (Å²) in [7, 11) is 0. The Balaban J connectivity index is 2.36. The molecule has 0 aliphatic heterocycles. The van der Waals surface area contributed by atoms with E-state index in [1.54, 1.807) is 0 Å². The Labute approximate surface area is 127 Å². The van der Waals surface area contributed by atoms with Crippen LogP contribution in [0.5, 0.6) is 0 Å². The second-order valence-corrected chi connectivity index (χ2v) is 6.73. The highest BCUT2D eigenvalue weighted by Gasteiger charge is 2.32. The van der Waals surface area contributed by atoms with Crippen LogP contribution in [0, 0.1) is 0 Å². The zero-order valence-electron chi connectivity index (χ0n) is 13.9. The fourth-order valence-electron chi connectivity index (χ4n) is 2.43. The van der Waals surface area contributed by atoms with Crippen molar-refractivity contribution in [2.45, 2.75) is 58.9 Å². The van der Waals surface area contributed by atoms with Crippen molar-refractivity contribution in [3.05, 3.63) is 23.4 Å². The summed E-state index contributed by atoms with van der Waals surface area (Å²) in [5, 5.41) is 3.24. The predicted octanol–water partition coefficient (Wildman–Crippen LogP) is 3.44. The van der Waals surface area contributed by atoms with Crippen LogP contribution in [0.1, 0.15) is 63.5 Å². The molecule has 1 aromatic rings. The first-order chi connectivity index (χ1) is 9.86. The fraction of sp³-hybridized carbons (Fsp3) is 0.647. The second-order valence-electron chi connectivity index (χ2n) is 6.73. The lowest BCUT2D eigenvalue weighted by molar-refractivity contribution is 0.0752. The quantitative estimate of drug-likeness (QED) is 0.903. The lowest BCUT2D eigenvalue weighted by Gasteiger charge is -2.23. The van der Waals surface area contributed by atoms with Gasteiger partial charge in [-0.15, -0.1) is 0 Å². The van der Waals surface area contributed by atoms with E-state index < -0.39 is 0 Å². The van der Waals surface area contributed by atoms with Crippen LogP contribution >= 0.6 is 0 Å². The van der Waals surface area contributed by atoms with Crippen LogP contribution < -0.4 is 5.32 Å². The minimum atomic E-state index is -0.0723. The number of nitrogens with zero attached hydrogens (tertiary/aromatic N) is 2. The summed E-state index contributed by atoms with van der Waals surface area (Å²) >= 11 is 0. The Bertz CT molecular complexity index is 515. The maximum Gasteiger partial charge on any atom is 0.254 e. The van der Waals surface area contributed by atoms with Gasteiger partial charge >= 0.3 is 0 Å². The molecule has 0 saturated heterocycles. The van der Waals surface area contributed by atoms with Crippen molar-refractivity contribution >= 4 is 11.7 Å². The molecule has 4 heteroatoms. The Morgan fingerprint density at radius 2 is 2.00 bits per heavy atom. The van der Waals surface area contributed by atoms with Crippen molar-refractivity contribution in [1.82, 2.24) is 9.88 Å². The van der Waals surface area contributed by atoms with E-state index in [1.165, 1.54) is 0 Å². The van der Waals surface area contributed by atoms with E-state index in [9.17, 15) is 4.79 Å². The van der Waals surface area contributed by atoms with Crippen LogP contribution in [0.15, 0.2) is 12.1 Å². The molecule has 0 spiro atoms. The number of carbonyl (C=O) groups excluding carboxylic acids is 1. The van der Waals surface area contributed by atoms with Crippen molar-refractivity contribution in [3.63, 3.8) is 0 Å². The number of carbonyl (C=O) groups is 1. The third-order valence-electron chi connectivity index (χ3n) is 3.79. The monoisotopic (exact) mass is 289 g/mol. The Morgan fingerprint density at radius 3 is 2.48 bits per heavy atom. The topological polar surface area (TPSA) is 45.2 Å². The average molecular weight is 289 g/mol. The number of nitrogens with one attached hydrogen (secondary N) is 1. The van der Waals surface area contributed by atoms with E-state index >= 15 is 0 Å². The molecule has 1 aromatic heterocycles. The molecule has 21 heavy (non-hydrogen) atoms. The van der Waals surface area contributed by atoms with Gasteiger partial charge < -0.3 is 10.2 Å². The van der Waals surface area contributed by atoms with E-state index in [2.05, 4.69) is 31.1 Å². The molecule has 1 fully saturated rings. The number of aromatic nitrogens is 1. The van der Waals surface area contributed by atoms with Crippen LogP contribution in [0.2, 0.25) is 0 Å². The molecule has 0 atom stereocenters. The number of pyridine rings is 1. The highest BCUT2D eigenvalue weighted by Crippen LogP contribution is 2.29. The van der Waals surface area contributed by atoms with Gasteiger partial charge in [0, 0.05) is 35.8 Å². The van der Waals surface area contributed by atoms with Gasteiger partial charge in [0.2, 0.25) is 0 Å². The number of hydrogen-bond donors (Lipinski definition) is 1.